The average Bonchev–Trinajstić information content (AvgIpc) is 3.21. The van der Waals surface area contributed by atoms with Crippen LogP contribution in [0.3, 0.4) is 0 Å². The Bertz CT molecular complexity index is 859. The van der Waals surface area contributed by atoms with Crippen LogP contribution in [0.15, 0.2) is 41.0 Å². The zero-order valence-corrected chi connectivity index (χ0v) is 14.9. The molecule has 136 valence electrons. The van der Waals surface area contributed by atoms with Gasteiger partial charge in [-0.05, 0) is 51.1 Å². The van der Waals surface area contributed by atoms with Crippen molar-refractivity contribution in [3.05, 3.63) is 53.5 Å². The fourth-order valence-corrected chi connectivity index (χ4v) is 2.96. The van der Waals surface area contributed by atoms with Gasteiger partial charge in [0.1, 0.15) is 11.5 Å². The van der Waals surface area contributed by atoms with Gasteiger partial charge >= 0.3 is 6.03 Å². The van der Waals surface area contributed by atoms with E-state index in [9.17, 15) is 14.4 Å². The van der Waals surface area contributed by atoms with Gasteiger partial charge in [-0.3, -0.25) is 14.5 Å². The molecule has 1 aliphatic heterocycles. The Balaban J connectivity index is 1.93. The number of nitrogens with zero attached hydrogens (tertiary/aromatic N) is 1. The van der Waals surface area contributed by atoms with E-state index in [1.807, 2.05) is 6.92 Å². The Morgan fingerprint density at radius 3 is 2.69 bits per heavy atom. The molecule has 1 aromatic carbocycles. The minimum Gasteiger partial charge on any atom is -0.494 e. The lowest BCUT2D eigenvalue weighted by Gasteiger charge is -2.20. The predicted octanol–water partition coefficient (Wildman–Crippen LogP) is 2.85. The smallest absolute Gasteiger partial charge is 0.325 e. The van der Waals surface area contributed by atoms with Crippen molar-refractivity contribution < 1.29 is 23.5 Å². The molecule has 0 saturated carbocycles. The minimum atomic E-state index is -1.26. The number of carbonyl (C=O) groups is 3. The summed E-state index contributed by atoms with van der Waals surface area (Å²) in [6.07, 6.45) is 1.45. The molecular formula is C19H20N2O5. The molecule has 0 aliphatic carbocycles. The van der Waals surface area contributed by atoms with Gasteiger partial charge in [-0.25, -0.2) is 4.79 Å². The van der Waals surface area contributed by atoms with Gasteiger partial charge in [0.2, 0.25) is 0 Å². The maximum atomic E-state index is 12.9. The van der Waals surface area contributed by atoms with Crippen LogP contribution >= 0.6 is 0 Å². The first-order valence-corrected chi connectivity index (χ1v) is 8.31. The highest BCUT2D eigenvalue weighted by Gasteiger charge is 2.51. The third kappa shape index (κ3) is 2.96. The molecule has 3 amide bonds. The largest absolute Gasteiger partial charge is 0.494 e. The Labute approximate surface area is 150 Å². The molecule has 1 atom stereocenters. The lowest BCUT2D eigenvalue weighted by atomic mass is 9.99. The van der Waals surface area contributed by atoms with Crippen molar-refractivity contribution in [3.8, 4) is 5.75 Å². The van der Waals surface area contributed by atoms with Gasteiger partial charge in [-0.2, -0.15) is 0 Å². The summed E-state index contributed by atoms with van der Waals surface area (Å²) in [6.45, 7) is 5.32. The van der Waals surface area contributed by atoms with E-state index in [1.165, 1.54) is 13.2 Å². The summed E-state index contributed by atoms with van der Waals surface area (Å²) in [5, 5.41) is 2.68. The van der Waals surface area contributed by atoms with Crippen LogP contribution in [0.25, 0.3) is 0 Å². The van der Waals surface area contributed by atoms with Gasteiger partial charge < -0.3 is 14.5 Å². The van der Waals surface area contributed by atoms with E-state index in [0.717, 1.165) is 4.90 Å². The number of hydrogen-bond donors (Lipinski definition) is 1. The molecule has 1 aromatic heterocycles. The number of rotatable bonds is 6. The number of benzene rings is 1. The highest BCUT2D eigenvalue weighted by Crippen LogP contribution is 2.31. The molecule has 1 N–H and O–H groups in total. The number of urea groups is 1. The molecule has 3 rings (SSSR count). The third-order valence-corrected chi connectivity index (χ3v) is 4.38. The number of Topliss-reactive ketones (excluding diaryl/α,β-unsaturated/α-hetero) is 1. The lowest BCUT2D eigenvalue weighted by Crippen LogP contribution is -2.40. The van der Waals surface area contributed by atoms with Crippen molar-refractivity contribution in [1.29, 1.82) is 0 Å². The maximum absolute atomic E-state index is 12.9. The van der Waals surface area contributed by atoms with Crippen molar-refractivity contribution in [2.75, 3.05) is 6.61 Å². The number of ether oxygens (including phenoxy) is 1. The summed E-state index contributed by atoms with van der Waals surface area (Å²) in [7, 11) is 0. The molecule has 7 nitrogen and oxygen atoms in total. The first kappa shape index (κ1) is 17.7. The molecule has 0 spiro atoms. The van der Waals surface area contributed by atoms with Gasteiger partial charge in [-0.1, -0.05) is 0 Å². The quantitative estimate of drug-likeness (QED) is 0.635. The number of carbonyl (C=O) groups excluding carboxylic acids is 3. The molecule has 26 heavy (non-hydrogen) atoms. The SMILES string of the molecule is CCOc1ccc(C(C)=O)cc1CN1C(=O)NC(C)(c2ccco2)C1=O. The minimum absolute atomic E-state index is 0.00256. The second kappa shape index (κ2) is 6.67. The summed E-state index contributed by atoms with van der Waals surface area (Å²) in [6, 6.07) is 7.77. The summed E-state index contributed by atoms with van der Waals surface area (Å²) < 4.78 is 10.9. The molecule has 1 aliphatic rings. The second-order valence-electron chi connectivity index (χ2n) is 6.24. The van der Waals surface area contributed by atoms with E-state index in [-0.39, 0.29) is 12.3 Å². The predicted molar refractivity (Wildman–Crippen MR) is 92.8 cm³/mol. The monoisotopic (exact) mass is 356 g/mol. The summed E-state index contributed by atoms with van der Waals surface area (Å²) in [5.41, 5.74) is -0.180. The fraction of sp³-hybridized carbons (Fsp3) is 0.316. The van der Waals surface area contributed by atoms with Crippen molar-refractivity contribution in [3.63, 3.8) is 0 Å². The van der Waals surface area contributed by atoms with Crippen LogP contribution < -0.4 is 10.1 Å². The Morgan fingerprint density at radius 1 is 1.31 bits per heavy atom. The molecule has 0 bridgehead atoms. The highest BCUT2D eigenvalue weighted by molar-refractivity contribution is 6.06. The zero-order chi connectivity index (χ0) is 18.9. The number of imide groups is 1. The van der Waals surface area contributed by atoms with Crippen LogP contribution in [0.4, 0.5) is 4.79 Å². The van der Waals surface area contributed by atoms with Crippen molar-refractivity contribution in [2.45, 2.75) is 32.9 Å². The van der Waals surface area contributed by atoms with Crippen molar-refractivity contribution in [2.24, 2.45) is 0 Å². The highest BCUT2D eigenvalue weighted by atomic mass is 16.5. The van der Waals surface area contributed by atoms with E-state index in [4.69, 9.17) is 9.15 Å². The van der Waals surface area contributed by atoms with Gasteiger partial charge in [0.15, 0.2) is 11.3 Å². The topological polar surface area (TPSA) is 88.8 Å². The number of ketones is 1. The van der Waals surface area contributed by atoms with Crippen LogP contribution in [0.2, 0.25) is 0 Å². The lowest BCUT2D eigenvalue weighted by molar-refractivity contribution is -0.132. The molecular weight excluding hydrogens is 336 g/mol. The molecule has 1 fully saturated rings. The molecule has 1 unspecified atom stereocenters. The normalized spacial score (nSPS) is 19.6. The number of nitrogens with one attached hydrogen (secondary N) is 1. The van der Waals surface area contributed by atoms with Gasteiger partial charge in [0, 0.05) is 11.1 Å². The number of hydrogen-bond acceptors (Lipinski definition) is 5. The van der Waals surface area contributed by atoms with E-state index < -0.39 is 17.5 Å². The van der Waals surface area contributed by atoms with Gasteiger partial charge in [-0.15, -0.1) is 0 Å². The summed E-state index contributed by atoms with van der Waals surface area (Å²) >= 11 is 0. The van der Waals surface area contributed by atoms with Crippen LogP contribution in [0.1, 0.15) is 42.5 Å². The zero-order valence-electron chi connectivity index (χ0n) is 14.9. The van der Waals surface area contributed by atoms with Gasteiger partial charge in [0.25, 0.3) is 5.91 Å². The Hall–Kier alpha value is -3.09. The van der Waals surface area contributed by atoms with Crippen LogP contribution in [0, 0.1) is 0 Å². The Morgan fingerprint density at radius 2 is 2.08 bits per heavy atom. The van der Waals surface area contributed by atoms with Crippen LogP contribution in [0.5, 0.6) is 5.75 Å². The van der Waals surface area contributed by atoms with Crippen LogP contribution in [-0.4, -0.2) is 29.2 Å². The van der Waals surface area contributed by atoms with Crippen LogP contribution in [-0.2, 0) is 16.9 Å². The third-order valence-electron chi connectivity index (χ3n) is 4.38. The van der Waals surface area contributed by atoms with E-state index in [1.54, 1.807) is 37.3 Å². The van der Waals surface area contributed by atoms with E-state index >= 15 is 0 Å². The first-order valence-electron chi connectivity index (χ1n) is 8.31. The number of furan rings is 1. The molecule has 2 aromatic rings. The first-order chi connectivity index (χ1) is 12.4. The Kier molecular flexibility index (Phi) is 4.54. The molecule has 0 radical (unpaired) electrons. The fourth-order valence-electron chi connectivity index (χ4n) is 2.96. The van der Waals surface area contributed by atoms with E-state index in [2.05, 4.69) is 5.32 Å². The van der Waals surface area contributed by atoms with E-state index in [0.29, 0.717) is 29.2 Å². The summed E-state index contributed by atoms with van der Waals surface area (Å²) in [4.78, 5) is 38.1. The standard InChI is InChI=1S/C19H20N2O5/c1-4-25-15-8-7-13(12(2)22)10-14(15)11-21-17(23)19(3,20-18(21)24)16-6-5-9-26-16/h5-10H,4,11H2,1-3H3,(H,20,24). The molecule has 2 heterocycles. The number of amides is 3. The summed E-state index contributed by atoms with van der Waals surface area (Å²) in [5.74, 6) is 0.366. The average molecular weight is 356 g/mol. The maximum Gasteiger partial charge on any atom is 0.325 e. The van der Waals surface area contributed by atoms with Crippen molar-refractivity contribution >= 4 is 17.7 Å². The molecule has 1 saturated heterocycles. The second-order valence-corrected chi connectivity index (χ2v) is 6.24. The van der Waals surface area contributed by atoms with Gasteiger partial charge in [0.05, 0.1) is 19.4 Å². The molecule has 7 heteroatoms. The van der Waals surface area contributed by atoms with Crippen molar-refractivity contribution in [1.82, 2.24) is 10.2 Å².